The fourth-order valence-corrected chi connectivity index (χ4v) is 2.58. The minimum absolute atomic E-state index is 0.233. The minimum Gasteiger partial charge on any atom is -0.488 e. The molecule has 0 heterocycles. The van der Waals surface area contributed by atoms with Gasteiger partial charge in [0.05, 0.1) is 17.1 Å². The molecule has 0 amide bonds. The van der Waals surface area contributed by atoms with Crippen molar-refractivity contribution in [3.63, 3.8) is 0 Å². The SMILES string of the molecule is COC(=O)c1c(N)cccc1COc1ccc(C)cc1Br. The zero-order valence-corrected chi connectivity index (χ0v) is 13.4. The summed E-state index contributed by atoms with van der Waals surface area (Å²) in [7, 11) is 1.33. The van der Waals surface area contributed by atoms with E-state index in [0.29, 0.717) is 22.6 Å². The van der Waals surface area contributed by atoms with Gasteiger partial charge < -0.3 is 15.2 Å². The van der Waals surface area contributed by atoms with Crippen molar-refractivity contribution in [3.05, 3.63) is 57.6 Å². The van der Waals surface area contributed by atoms with Crippen LogP contribution in [-0.2, 0) is 11.3 Å². The zero-order chi connectivity index (χ0) is 15.4. The smallest absolute Gasteiger partial charge is 0.340 e. The molecule has 0 aliphatic rings. The molecule has 2 N–H and O–H groups in total. The van der Waals surface area contributed by atoms with Gasteiger partial charge in [0, 0.05) is 11.3 Å². The highest BCUT2D eigenvalue weighted by molar-refractivity contribution is 9.10. The van der Waals surface area contributed by atoms with E-state index in [1.54, 1.807) is 18.2 Å². The van der Waals surface area contributed by atoms with Crippen molar-refractivity contribution in [2.45, 2.75) is 13.5 Å². The summed E-state index contributed by atoms with van der Waals surface area (Å²) in [6.07, 6.45) is 0. The van der Waals surface area contributed by atoms with Crippen molar-refractivity contribution >= 4 is 27.6 Å². The third-order valence-electron chi connectivity index (χ3n) is 3.04. The Hall–Kier alpha value is -2.01. The van der Waals surface area contributed by atoms with E-state index in [2.05, 4.69) is 15.9 Å². The standard InChI is InChI=1S/C16H16BrNO3/c1-10-6-7-14(12(17)8-10)21-9-11-4-3-5-13(18)15(11)16(19)20-2/h3-8H,9,18H2,1-2H3. The van der Waals surface area contributed by atoms with Crippen LogP contribution in [0, 0.1) is 6.92 Å². The maximum Gasteiger partial charge on any atom is 0.340 e. The van der Waals surface area contributed by atoms with Crippen molar-refractivity contribution in [3.8, 4) is 5.75 Å². The van der Waals surface area contributed by atoms with Gasteiger partial charge in [-0.25, -0.2) is 4.79 Å². The topological polar surface area (TPSA) is 61.5 Å². The molecule has 4 nitrogen and oxygen atoms in total. The van der Waals surface area contributed by atoms with Gasteiger partial charge in [-0.1, -0.05) is 18.2 Å². The molecule has 0 saturated heterocycles. The van der Waals surface area contributed by atoms with E-state index in [9.17, 15) is 4.79 Å². The minimum atomic E-state index is -0.463. The number of nitrogens with two attached hydrogens (primary N) is 1. The summed E-state index contributed by atoms with van der Waals surface area (Å²) in [5, 5.41) is 0. The van der Waals surface area contributed by atoms with Crippen LogP contribution < -0.4 is 10.5 Å². The van der Waals surface area contributed by atoms with Crippen LogP contribution >= 0.6 is 15.9 Å². The summed E-state index contributed by atoms with van der Waals surface area (Å²) in [4.78, 5) is 11.8. The first kappa shape index (κ1) is 15.4. The fourth-order valence-electron chi connectivity index (χ4n) is 1.97. The summed E-state index contributed by atoms with van der Waals surface area (Å²) in [6.45, 7) is 2.24. The molecule has 0 aliphatic carbocycles. The van der Waals surface area contributed by atoms with E-state index in [0.717, 1.165) is 10.0 Å². The van der Waals surface area contributed by atoms with Crippen molar-refractivity contribution in [1.82, 2.24) is 0 Å². The molecule has 0 aliphatic heterocycles. The Morgan fingerprint density at radius 2 is 2.05 bits per heavy atom. The lowest BCUT2D eigenvalue weighted by Gasteiger charge is -2.13. The van der Waals surface area contributed by atoms with Gasteiger partial charge in [-0.15, -0.1) is 0 Å². The number of hydrogen-bond acceptors (Lipinski definition) is 4. The Morgan fingerprint density at radius 1 is 1.29 bits per heavy atom. The second kappa shape index (κ2) is 6.63. The number of benzene rings is 2. The summed E-state index contributed by atoms with van der Waals surface area (Å²) in [6, 6.07) is 11.0. The number of hydrogen-bond donors (Lipinski definition) is 1. The maximum atomic E-state index is 11.8. The largest absolute Gasteiger partial charge is 0.488 e. The Balaban J connectivity index is 2.24. The number of nitrogen functional groups attached to an aromatic ring is 1. The number of rotatable bonds is 4. The predicted molar refractivity (Wildman–Crippen MR) is 85.4 cm³/mol. The third kappa shape index (κ3) is 3.55. The van der Waals surface area contributed by atoms with Crippen molar-refractivity contribution in [2.24, 2.45) is 0 Å². The molecule has 0 aromatic heterocycles. The van der Waals surface area contributed by atoms with E-state index >= 15 is 0 Å². The molecule has 5 heteroatoms. The average Bonchev–Trinajstić information content (AvgIpc) is 2.45. The van der Waals surface area contributed by atoms with Crippen molar-refractivity contribution < 1.29 is 14.3 Å². The molecular weight excluding hydrogens is 334 g/mol. The monoisotopic (exact) mass is 349 g/mol. The van der Waals surface area contributed by atoms with Gasteiger partial charge in [0.25, 0.3) is 0 Å². The summed E-state index contributed by atoms with van der Waals surface area (Å²) in [5.41, 5.74) is 8.40. The molecule has 0 saturated carbocycles. The van der Waals surface area contributed by atoms with E-state index in [1.807, 2.05) is 25.1 Å². The molecule has 0 unspecified atom stereocenters. The van der Waals surface area contributed by atoms with Crippen molar-refractivity contribution in [2.75, 3.05) is 12.8 Å². The normalized spacial score (nSPS) is 10.2. The molecule has 2 aromatic carbocycles. The van der Waals surface area contributed by atoms with E-state index in [4.69, 9.17) is 15.2 Å². The van der Waals surface area contributed by atoms with Gasteiger partial charge >= 0.3 is 5.97 Å². The van der Waals surface area contributed by atoms with Crippen LogP contribution in [0.5, 0.6) is 5.75 Å². The van der Waals surface area contributed by atoms with Gasteiger partial charge in [0.1, 0.15) is 12.4 Å². The second-order valence-electron chi connectivity index (χ2n) is 4.60. The molecule has 0 radical (unpaired) electrons. The number of esters is 1. The van der Waals surface area contributed by atoms with Crippen LogP contribution in [-0.4, -0.2) is 13.1 Å². The van der Waals surface area contributed by atoms with Crippen LogP contribution in [0.25, 0.3) is 0 Å². The van der Waals surface area contributed by atoms with Gasteiger partial charge in [0.15, 0.2) is 0 Å². The van der Waals surface area contributed by atoms with E-state index in [-0.39, 0.29) is 6.61 Å². The molecule has 110 valence electrons. The van der Waals surface area contributed by atoms with Gasteiger partial charge in [-0.3, -0.25) is 0 Å². The molecular formula is C16H16BrNO3. The average molecular weight is 350 g/mol. The first-order valence-corrected chi connectivity index (χ1v) is 7.17. The zero-order valence-electron chi connectivity index (χ0n) is 11.9. The molecule has 0 bridgehead atoms. The Bertz CT molecular complexity index is 671. The maximum absolute atomic E-state index is 11.8. The number of halogens is 1. The van der Waals surface area contributed by atoms with E-state index < -0.39 is 5.97 Å². The Morgan fingerprint density at radius 3 is 2.71 bits per heavy atom. The third-order valence-corrected chi connectivity index (χ3v) is 3.66. The number of carbonyl (C=O) groups is 1. The Labute approximate surface area is 132 Å². The quantitative estimate of drug-likeness (QED) is 0.675. The Kier molecular flexibility index (Phi) is 4.85. The number of methoxy groups -OCH3 is 1. The number of ether oxygens (including phenoxy) is 2. The van der Waals surface area contributed by atoms with Crippen LogP contribution in [0.15, 0.2) is 40.9 Å². The number of carbonyl (C=O) groups excluding carboxylic acids is 1. The lowest BCUT2D eigenvalue weighted by molar-refractivity contribution is 0.0599. The van der Waals surface area contributed by atoms with Crippen LogP contribution in [0.1, 0.15) is 21.5 Å². The first-order chi connectivity index (χ1) is 10.0. The van der Waals surface area contributed by atoms with Crippen LogP contribution in [0.4, 0.5) is 5.69 Å². The summed E-state index contributed by atoms with van der Waals surface area (Å²) in [5.74, 6) is 0.244. The molecule has 2 rings (SSSR count). The highest BCUT2D eigenvalue weighted by Crippen LogP contribution is 2.27. The van der Waals surface area contributed by atoms with Crippen LogP contribution in [0.2, 0.25) is 0 Å². The molecule has 2 aromatic rings. The summed E-state index contributed by atoms with van der Waals surface area (Å²) >= 11 is 3.45. The molecule has 0 fully saturated rings. The lowest BCUT2D eigenvalue weighted by atomic mass is 10.1. The van der Waals surface area contributed by atoms with Gasteiger partial charge in [-0.05, 0) is 46.6 Å². The second-order valence-corrected chi connectivity index (χ2v) is 5.45. The molecule has 0 spiro atoms. The van der Waals surface area contributed by atoms with Crippen molar-refractivity contribution in [1.29, 1.82) is 0 Å². The van der Waals surface area contributed by atoms with Gasteiger partial charge in [0.2, 0.25) is 0 Å². The molecule has 21 heavy (non-hydrogen) atoms. The fraction of sp³-hybridized carbons (Fsp3) is 0.188. The molecule has 0 atom stereocenters. The van der Waals surface area contributed by atoms with E-state index in [1.165, 1.54) is 7.11 Å². The van der Waals surface area contributed by atoms with Gasteiger partial charge in [-0.2, -0.15) is 0 Å². The number of aryl methyl sites for hydroxylation is 1. The lowest BCUT2D eigenvalue weighted by Crippen LogP contribution is -2.11. The highest BCUT2D eigenvalue weighted by Gasteiger charge is 2.16. The van der Waals surface area contributed by atoms with Crippen LogP contribution in [0.3, 0.4) is 0 Å². The first-order valence-electron chi connectivity index (χ1n) is 6.37. The highest BCUT2D eigenvalue weighted by atomic mass is 79.9. The number of anilines is 1. The predicted octanol–water partition coefficient (Wildman–Crippen LogP) is 3.71. The summed E-state index contributed by atoms with van der Waals surface area (Å²) < 4.78 is 11.4.